The minimum atomic E-state index is 0.728. The molecular formula is C15H18BrN3S. The number of nitrogens with zero attached hydrogens (tertiary/aromatic N) is 2. The molecule has 1 aliphatic carbocycles. The van der Waals surface area contributed by atoms with Crippen molar-refractivity contribution in [3.8, 4) is 0 Å². The second kappa shape index (κ2) is 5.92. The van der Waals surface area contributed by atoms with Crippen LogP contribution in [0.25, 0.3) is 0 Å². The lowest BCUT2D eigenvalue weighted by molar-refractivity contribution is 0.678. The van der Waals surface area contributed by atoms with E-state index in [0.29, 0.717) is 0 Å². The molecule has 0 bridgehead atoms. The van der Waals surface area contributed by atoms with Crippen LogP contribution in [0.4, 0.5) is 0 Å². The van der Waals surface area contributed by atoms with Gasteiger partial charge in [-0.2, -0.15) is 5.10 Å². The molecular weight excluding hydrogens is 334 g/mol. The van der Waals surface area contributed by atoms with E-state index in [2.05, 4.69) is 50.6 Å². The van der Waals surface area contributed by atoms with Gasteiger partial charge in [0.05, 0.1) is 10.7 Å². The maximum atomic E-state index is 4.41. The Morgan fingerprint density at radius 3 is 2.85 bits per heavy atom. The maximum absolute atomic E-state index is 4.41. The molecule has 1 aliphatic rings. The van der Waals surface area contributed by atoms with Gasteiger partial charge in [-0.15, -0.1) is 0 Å². The summed E-state index contributed by atoms with van der Waals surface area (Å²) in [6.45, 7) is 2.96. The van der Waals surface area contributed by atoms with Crippen LogP contribution in [0, 0.1) is 6.92 Å². The molecule has 0 unspecified atom stereocenters. The highest BCUT2D eigenvalue weighted by molar-refractivity contribution is 9.10. The van der Waals surface area contributed by atoms with Crippen molar-refractivity contribution in [2.45, 2.75) is 42.3 Å². The Balaban J connectivity index is 1.81. The second-order valence-corrected chi connectivity index (χ2v) is 7.23. The molecule has 1 saturated carbocycles. The van der Waals surface area contributed by atoms with Crippen molar-refractivity contribution < 1.29 is 0 Å². The third-order valence-corrected chi connectivity index (χ3v) is 5.06. The quantitative estimate of drug-likeness (QED) is 0.885. The number of nitrogens with one attached hydrogen (secondary N) is 1. The summed E-state index contributed by atoms with van der Waals surface area (Å²) in [7, 11) is 2.00. The molecule has 106 valence electrons. The fourth-order valence-corrected chi connectivity index (χ4v) is 3.56. The van der Waals surface area contributed by atoms with Crippen LogP contribution in [0.2, 0.25) is 0 Å². The molecule has 3 rings (SSSR count). The lowest BCUT2D eigenvalue weighted by atomic mass is 10.2. The Morgan fingerprint density at radius 1 is 1.40 bits per heavy atom. The van der Waals surface area contributed by atoms with Crippen molar-refractivity contribution >= 4 is 27.7 Å². The number of hydrogen-bond acceptors (Lipinski definition) is 3. The van der Waals surface area contributed by atoms with E-state index >= 15 is 0 Å². The van der Waals surface area contributed by atoms with Crippen LogP contribution in [-0.2, 0) is 13.6 Å². The molecule has 1 aromatic heterocycles. The molecule has 3 nitrogen and oxygen atoms in total. The Kier molecular flexibility index (Phi) is 4.19. The molecule has 5 heteroatoms. The average molecular weight is 352 g/mol. The average Bonchev–Trinajstić information content (AvgIpc) is 3.16. The SMILES string of the molecule is Cc1cc(Sc2ccc(Br)cc2CNC2CC2)n(C)n1. The van der Waals surface area contributed by atoms with Crippen LogP contribution in [0.5, 0.6) is 0 Å². The van der Waals surface area contributed by atoms with Gasteiger partial charge in [0.25, 0.3) is 0 Å². The van der Waals surface area contributed by atoms with Crippen molar-refractivity contribution in [1.82, 2.24) is 15.1 Å². The Morgan fingerprint density at radius 2 is 2.20 bits per heavy atom. The first-order chi connectivity index (χ1) is 9.61. The van der Waals surface area contributed by atoms with Crippen LogP contribution >= 0.6 is 27.7 Å². The largest absolute Gasteiger partial charge is 0.310 e. The number of rotatable bonds is 5. The second-order valence-electron chi connectivity index (χ2n) is 5.26. The third kappa shape index (κ3) is 3.45. The minimum absolute atomic E-state index is 0.728. The molecule has 0 atom stereocenters. The Labute approximate surface area is 132 Å². The monoisotopic (exact) mass is 351 g/mol. The third-order valence-electron chi connectivity index (χ3n) is 3.35. The van der Waals surface area contributed by atoms with E-state index in [1.54, 1.807) is 11.8 Å². The molecule has 0 amide bonds. The summed E-state index contributed by atoms with van der Waals surface area (Å²) in [5, 5.41) is 9.18. The van der Waals surface area contributed by atoms with Gasteiger partial charge in [0.15, 0.2) is 0 Å². The number of halogens is 1. The van der Waals surface area contributed by atoms with E-state index in [4.69, 9.17) is 0 Å². The Bertz CT molecular complexity index is 620. The summed E-state index contributed by atoms with van der Waals surface area (Å²) < 4.78 is 3.08. The summed E-state index contributed by atoms with van der Waals surface area (Å²) >= 11 is 5.35. The van der Waals surface area contributed by atoms with Crippen molar-refractivity contribution in [3.63, 3.8) is 0 Å². The van der Waals surface area contributed by atoms with E-state index in [1.807, 2.05) is 18.7 Å². The number of aromatic nitrogens is 2. The molecule has 1 heterocycles. The summed E-state index contributed by atoms with van der Waals surface area (Å²) in [5.41, 5.74) is 2.40. The first-order valence-corrected chi connectivity index (χ1v) is 8.43. The minimum Gasteiger partial charge on any atom is -0.310 e. The highest BCUT2D eigenvalue weighted by Crippen LogP contribution is 2.32. The number of benzene rings is 1. The van der Waals surface area contributed by atoms with Gasteiger partial charge in [0.2, 0.25) is 0 Å². The van der Waals surface area contributed by atoms with Crippen LogP contribution in [0.1, 0.15) is 24.1 Å². The number of hydrogen-bond donors (Lipinski definition) is 1. The molecule has 0 spiro atoms. The van der Waals surface area contributed by atoms with E-state index in [9.17, 15) is 0 Å². The molecule has 1 fully saturated rings. The van der Waals surface area contributed by atoms with E-state index in [0.717, 1.165) is 22.8 Å². The van der Waals surface area contributed by atoms with Crippen molar-refractivity contribution in [2.75, 3.05) is 0 Å². The van der Waals surface area contributed by atoms with Crippen LogP contribution in [0.3, 0.4) is 0 Å². The summed E-state index contributed by atoms with van der Waals surface area (Å²) in [6, 6.07) is 9.35. The van der Waals surface area contributed by atoms with Crippen LogP contribution in [-0.4, -0.2) is 15.8 Å². The van der Waals surface area contributed by atoms with E-state index in [1.165, 1.54) is 28.3 Å². The molecule has 1 aromatic carbocycles. The summed E-state index contributed by atoms with van der Waals surface area (Å²) in [6.07, 6.45) is 2.63. The molecule has 0 aliphatic heterocycles. The topological polar surface area (TPSA) is 29.9 Å². The zero-order valence-electron chi connectivity index (χ0n) is 11.7. The van der Waals surface area contributed by atoms with Gasteiger partial charge in [0.1, 0.15) is 0 Å². The zero-order chi connectivity index (χ0) is 14.1. The van der Waals surface area contributed by atoms with Crippen LogP contribution in [0.15, 0.2) is 38.7 Å². The van der Waals surface area contributed by atoms with Gasteiger partial charge < -0.3 is 5.32 Å². The fraction of sp³-hybridized carbons (Fsp3) is 0.400. The molecule has 0 radical (unpaired) electrons. The van der Waals surface area contributed by atoms with E-state index in [-0.39, 0.29) is 0 Å². The van der Waals surface area contributed by atoms with Gasteiger partial charge in [0, 0.05) is 29.0 Å². The molecule has 2 aromatic rings. The van der Waals surface area contributed by atoms with Gasteiger partial charge in [-0.1, -0.05) is 27.7 Å². The van der Waals surface area contributed by atoms with Gasteiger partial charge in [-0.05, 0) is 49.6 Å². The fourth-order valence-electron chi connectivity index (χ4n) is 2.12. The van der Waals surface area contributed by atoms with Crippen molar-refractivity contribution in [3.05, 3.63) is 40.0 Å². The predicted octanol–water partition coefficient (Wildman–Crippen LogP) is 3.89. The first kappa shape index (κ1) is 14.2. The van der Waals surface area contributed by atoms with Crippen molar-refractivity contribution in [2.24, 2.45) is 7.05 Å². The maximum Gasteiger partial charge on any atom is 0.0987 e. The lowest BCUT2D eigenvalue weighted by Gasteiger charge is -2.10. The first-order valence-electron chi connectivity index (χ1n) is 6.82. The normalized spacial score (nSPS) is 14.8. The highest BCUT2D eigenvalue weighted by atomic mass is 79.9. The van der Waals surface area contributed by atoms with E-state index < -0.39 is 0 Å². The highest BCUT2D eigenvalue weighted by Gasteiger charge is 2.20. The van der Waals surface area contributed by atoms with Gasteiger partial charge in [-0.25, -0.2) is 0 Å². The summed E-state index contributed by atoms with van der Waals surface area (Å²) in [5.74, 6) is 0. The standard InChI is InChI=1S/C15H18BrN3S/c1-10-7-15(19(2)18-10)20-14-6-3-12(16)8-11(14)9-17-13-4-5-13/h3,6-8,13,17H,4-5,9H2,1-2H3. The predicted molar refractivity (Wildman–Crippen MR) is 86.1 cm³/mol. The lowest BCUT2D eigenvalue weighted by Crippen LogP contribution is -2.15. The smallest absolute Gasteiger partial charge is 0.0987 e. The van der Waals surface area contributed by atoms with Gasteiger partial charge >= 0.3 is 0 Å². The Hall–Kier alpha value is -0.780. The van der Waals surface area contributed by atoms with Crippen molar-refractivity contribution in [1.29, 1.82) is 0 Å². The van der Waals surface area contributed by atoms with Gasteiger partial charge in [-0.3, -0.25) is 4.68 Å². The van der Waals surface area contributed by atoms with Crippen LogP contribution < -0.4 is 5.32 Å². The summed E-state index contributed by atoms with van der Waals surface area (Å²) in [4.78, 5) is 1.30. The number of aryl methyl sites for hydroxylation is 2. The zero-order valence-corrected chi connectivity index (χ0v) is 14.1. The molecule has 0 saturated heterocycles. The molecule has 20 heavy (non-hydrogen) atoms. The molecule has 1 N–H and O–H groups in total.